The first kappa shape index (κ1) is 22.9. The summed E-state index contributed by atoms with van der Waals surface area (Å²) >= 11 is 3.34. The maximum absolute atomic E-state index is 12.7. The van der Waals surface area contributed by atoms with Crippen molar-refractivity contribution in [3.63, 3.8) is 0 Å². The molecule has 0 saturated heterocycles. The van der Waals surface area contributed by atoms with Crippen LogP contribution in [0.3, 0.4) is 0 Å². The van der Waals surface area contributed by atoms with Crippen LogP contribution in [0.5, 0.6) is 11.5 Å². The van der Waals surface area contributed by atoms with Gasteiger partial charge in [0.25, 0.3) is 0 Å². The molecule has 0 radical (unpaired) electrons. The average molecular weight is 498 g/mol. The molecule has 164 valence electrons. The van der Waals surface area contributed by atoms with Crippen LogP contribution in [0.4, 0.5) is 10.5 Å². The number of phenols is 1. The van der Waals surface area contributed by atoms with Gasteiger partial charge in [0.05, 0.1) is 0 Å². The van der Waals surface area contributed by atoms with Crippen molar-refractivity contribution in [2.24, 2.45) is 0 Å². The van der Waals surface area contributed by atoms with Gasteiger partial charge >= 0.3 is 12.1 Å². The van der Waals surface area contributed by atoms with Gasteiger partial charge in [-0.3, -0.25) is 5.32 Å². The highest BCUT2D eigenvalue weighted by Gasteiger charge is 2.30. The molecule has 3 aromatic carbocycles. The molecule has 0 aliphatic carbocycles. The van der Waals surface area contributed by atoms with Crippen LogP contribution in [-0.4, -0.2) is 28.4 Å². The van der Waals surface area contributed by atoms with E-state index in [1.165, 1.54) is 12.1 Å². The maximum atomic E-state index is 12.7. The largest absolute Gasteiger partial charge is 0.508 e. The molecule has 2 atom stereocenters. The molecule has 8 heteroatoms. The number of hydrogen-bond donors (Lipinski definition) is 3. The minimum Gasteiger partial charge on any atom is -0.508 e. The Labute approximate surface area is 193 Å². The molecule has 7 nitrogen and oxygen atoms in total. The van der Waals surface area contributed by atoms with Crippen molar-refractivity contribution < 1.29 is 29.3 Å². The molecule has 0 unspecified atom stereocenters. The summed E-state index contributed by atoms with van der Waals surface area (Å²) < 4.78 is 12.2. The number of benzene rings is 3. The molecule has 0 heterocycles. The van der Waals surface area contributed by atoms with E-state index >= 15 is 0 Å². The van der Waals surface area contributed by atoms with E-state index in [0.29, 0.717) is 15.9 Å². The summed E-state index contributed by atoms with van der Waals surface area (Å²) in [5, 5.41) is 22.2. The highest BCUT2D eigenvalue weighted by molar-refractivity contribution is 9.10. The number of carboxylic acid groups (broad SMARTS) is 1. The van der Waals surface area contributed by atoms with E-state index in [4.69, 9.17) is 14.6 Å². The molecule has 1 amide bonds. The van der Waals surface area contributed by atoms with E-state index in [0.717, 1.165) is 6.08 Å². The van der Waals surface area contributed by atoms with Gasteiger partial charge in [-0.1, -0.05) is 52.3 Å². The minimum atomic E-state index is -1.20. The lowest BCUT2D eigenvalue weighted by Gasteiger charge is -2.27. The Kier molecular flexibility index (Phi) is 7.88. The number of carboxylic acids is 1. The fourth-order valence-corrected chi connectivity index (χ4v) is 3.26. The van der Waals surface area contributed by atoms with Crippen molar-refractivity contribution in [2.45, 2.75) is 12.2 Å². The second-order valence-corrected chi connectivity index (χ2v) is 7.53. The van der Waals surface area contributed by atoms with Crippen molar-refractivity contribution in [1.82, 2.24) is 0 Å². The van der Waals surface area contributed by atoms with Crippen LogP contribution in [0.25, 0.3) is 0 Å². The fraction of sp³-hybridized carbons (Fsp3) is 0.0833. The van der Waals surface area contributed by atoms with Crippen LogP contribution < -0.4 is 10.1 Å². The summed E-state index contributed by atoms with van der Waals surface area (Å²) in [6, 6.07) is 22.0. The molecule has 0 aliphatic rings. The number of aromatic hydroxyl groups is 1. The lowest BCUT2D eigenvalue weighted by molar-refractivity contribution is -0.131. The zero-order chi connectivity index (χ0) is 22.9. The maximum Gasteiger partial charge on any atom is 0.412 e. The van der Waals surface area contributed by atoms with Crippen molar-refractivity contribution in [2.75, 3.05) is 5.32 Å². The normalized spacial score (nSPS) is 12.7. The highest BCUT2D eigenvalue weighted by atomic mass is 79.9. The number of halogens is 1. The summed E-state index contributed by atoms with van der Waals surface area (Å²) in [5.41, 5.74) is 0.745. The summed E-state index contributed by atoms with van der Waals surface area (Å²) in [6.45, 7) is 0. The van der Waals surface area contributed by atoms with Gasteiger partial charge in [0.1, 0.15) is 11.5 Å². The molecule has 32 heavy (non-hydrogen) atoms. The third-order valence-corrected chi connectivity index (χ3v) is 4.79. The first-order valence-corrected chi connectivity index (χ1v) is 10.4. The van der Waals surface area contributed by atoms with Crippen molar-refractivity contribution in [1.29, 1.82) is 0 Å². The molecular weight excluding hydrogens is 478 g/mol. The molecule has 0 saturated carbocycles. The monoisotopic (exact) mass is 497 g/mol. The Morgan fingerprint density at radius 1 is 0.969 bits per heavy atom. The number of ether oxygens (including phenoxy) is 2. The number of rotatable bonds is 8. The molecule has 3 N–H and O–H groups in total. The third kappa shape index (κ3) is 6.61. The van der Waals surface area contributed by atoms with Gasteiger partial charge in [-0.2, -0.15) is 0 Å². The number of aliphatic carboxylic acids is 1. The van der Waals surface area contributed by atoms with Crippen LogP contribution in [0.2, 0.25) is 0 Å². The standard InChI is InChI=1S/C24H20BrNO6/c25-16-11-12-20(27)19(15-16)23(32-24(30)26-17-7-3-1-4-8-17)21(13-14-22(28)29)31-18-9-5-2-6-10-18/h1-15,21,23,27H,(H,26,30)(H,28,29)/b14-13+/t21-,23-/m1/s1. The first-order chi connectivity index (χ1) is 15.4. The molecule has 0 aromatic heterocycles. The van der Waals surface area contributed by atoms with E-state index in [2.05, 4.69) is 21.2 Å². The smallest absolute Gasteiger partial charge is 0.412 e. The molecule has 3 rings (SSSR count). The van der Waals surface area contributed by atoms with Gasteiger partial charge < -0.3 is 19.7 Å². The number of carbonyl (C=O) groups is 2. The average Bonchev–Trinajstić information content (AvgIpc) is 2.78. The zero-order valence-corrected chi connectivity index (χ0v) is 18.3. The molecule has 0 spiro atoms. The predicted molar refractivity (Wildman–Crippen MR) is 123 cm³/mol. The zero-order valence-electron chi connectivity index (χ0n) is 16.7. The molecule has 0 fully saturated rings. The van der Waals surface area contributed by atoms with Crippen LogP contribution in [0, 0.1) is 0 Å². The van der Waals surface area contributed by atoms with E-state index in [1.54, 1.807) is 72.8 Å². The minimum absolute atomic E-state index is 0.143. The molecule has 0 bridgehead atoms. The first-order valence-electron chi connectivity index (χ1n) is 9.56. The molecule has 3 aromatic rings. The number of phenolic OH excluding ortho intramolecular Hbond substituents is 1. The Morgan fingerprint density at radius 3 is 2.28 bits per heavy atom. The van der Waals surface area contributed by atoms with Gasteiger partial charge in [-0.15, -0.1) is 0 Å². The Hall–Kier alpha value is -3.78. The van der Waals surface area contributed by atoms with Crippen molar-refractivity contribution >= 4 is 33.7 Å². The van der Waals surface area contributed by atoms with E-state index in [1.807, 2.05) is 0 Å². The fourth-order valence-electron chi connectivity index (χ4n) is 2.88. The Balaban J connectivity index is 1.97. The SMILES string of the molecule is O=C(O)/C=C/[C@@H](Oc1ccccc1)[C@H](OC(=O)Nc1ccccc1)c1cc(Br)ccc1O. The Morgan fingerprint density at radius 2 is 1.62 bits per heavy atom. The van der Waals surface area contributed by atoms with Crippen LogP contribution >= 0.6 is 15.9 Å². The number of amides is 1. The lowest BCUT2D eigenvalue weighted by atomic mass is 10.0. The second kappa shape index (κ2) is 11.0. The number of nitrogens with one attached hydrogen (secondary N) is 1. The summed E-state index contributed by atoms with van der Waals surface area (Å²) in [4.78, 5) is 23.8. The van der Waals surface area contributed by atoms with Crippen molar-refractivity contribution in [3.8, 4) is 11.5 Å². The topological polar surface area (TPSA) is 105 Å². The number of hydrogen-bond acceptors (Lipinski definition) is 5. The van der Waals surface area contributed by atoms with Gasteiger partial charge in [0, 0.05) is 21.8 Å². The van der Waals surface area contributed by atoms with Gasteiger partial charge in [0.15, 0.2) is 12.2 Å². The lowest BCUT2D eigenvalue weighted by Crippen LogP contribution is -2.30. The summed E-state index contributed by atoms with van der Waals surface area (Å²) in [5.74, 6) is -0.909. The molecular formula is C24H20BrNO6. The van der Waals surface area contributed by atoms with Gasteiger partial charge in [-0.25, -0.2) is 9.59 Å². The number of para-hydroxylation sites is 2. The predicted octanol–water partition coefficient (Wildman–Crippen LogP) is 5.53. The van der Waals surface area contributed by atoms with Crippen LogP contribution in [-0.2, 0) is 9.53 Å². The molecule has 0 aliphatic heterocycles. The number of carbonyl (C=O) groups excluding carboxylic acids is 1. The van der Waals surface area contributed by atoms with Crippen LogP contribution in [0.15, 0.2) is 95.5 Å². The van der Waals surface area contributed by atoms with Crippen LogP contribution in [0.1, 0.15) is 11.7 Å². The van der Waals surface area contributed by atoms with E-state index in [9.17, 15) is 14.7 Å². The Bertz CT molecular complexity index is 1090. The highest BCUT2D eigenvalue weighted by Crippen LogP contribution is 2.34. The van der Waals surface area contributed by atoms with E-state index in [-0.39, 0.29) is 11.3 Å². The third-order valence-electron chi connectivity index (χ3n) is 4.29. The quantitative estimate of drug-likeness (QED) is 0.353. The van der Waals surface area contributed by atoms with Gasteiger partial charge in [0.2, 0.25) is 0 Å². The number of anilines is 1. The summed E-state index contributed by atoms with van der Waals surface area (Å²) in [7, 11) is 0. The van der Waals surface area contributed by atoms with E-state index < -0.39 is 24.3 Å². The van der Waals surface area contributed by atoms with Gasteiger partial charge in [-0.05, 0) is 48.5 Å². The summed E-state index contributed by atoms with van der Waals surface area (Å²) in [6.07, 6.45) is -0.877. The second-order valence-electron chi connectivity index (χ2n) is 6.61. The van der Waals surface area contributed by atoms with Crippen molar-refractivity contribution in [3.05, 3.63) is 101 Å².